The summed E-state index contributed by atoms with van der Waals surface area (Å²) in [6, 6.07) is 7.52. The van der Waals surface area contributed by atoms with E-state index in [-0.39, 0.29) is 12.5 Å². The molecule has 0 aliphatic carbocycles. The summed E-state index contributed by atoms with van der Waals surface area (Å²) in [6.07, 6.45) is 0.636. The van der Waals surface area contributed by atoms with Gasteiger partial charge in [-0.15, -0.1) is 0 Å². The Hall–Kier alpha value is -1.39. The van der Waals surface area contributed by atoms with Gasteiger partial charge >= 0.3 is 0 Å². The third kappa shape index (κ3) is 4.13. The minimum atomic E-state index is -0.585. The van der Waals surface area contributed by atoms with E-state index >= 15 is 0 Å². The largest absolute Gasteiger partial charge is 0.396 e. The van der Waals surface area contributed by atoms with Crippen LogP contribution >= 0.6 is 0 Å². The second-order valence-electron chi connectivity index (χ2n) is 4.78. The molecule has 0 bridgehead atoms. The summed E-state index contributed by atoms with van der Waals surface area (Å²) < 4.78 is 0. The van der Waals surface area contributed by atoms with Crippen molar-refractivity contribution in [3.05, 3.63) is 29.8 Å². The van der Waals surface area contributed by atoms with Crippen molar-refractivity contribution in [2.75, 3.05) is 18.5 Å². The second-order valence-corrected chi connectivity index (χ2v) is 4.78. The van der Waals surface area contributed by atoms with Crippen molar-refractivity contribution in [2.24, 2.45) is 0 Å². The second kappa shape index (κ2) is 6.52. The van der Waals surface area contributed by atoms with Crippen LogP contribution in [0.15, 0.2) is 24.3 Å². The third-order valence-electron chi connectivity index (χ3n) is 2.80. The van der Waals surface area contributed by atoms with Gasteiger partial charge in [-0.1, -0.05) is 19.1 Å². The zero-order valence-corrected chi connectivity index (χ0v) is 11.3. The van der Waals surface area contributed by atoms with Crippen LogP contribution in [0.25, 0.3) is 0 Å². The fraction of sp³-hybridized carbons (Fsp3) is 0.500. The minimum absolute atomic E-state index is 0.0562. The fourth-order valence-corrected chi connectivity index (χ4v) is 1.69. The summed E-state index contributed by atoms with van der Waals surface area (Å²) in [5.74, 6) is -0.0562. The van der Waals surface area contributed by atoms with E-state index in [0.29, 0.717) is 6.42 Å². The third-order valence-corrected chi connectivity index (χ3v) is 2.80. The van der Waals surface area contributed by atoms with E-state index in [9.17, 15) is 4.79 Å². The van der Waals surface area contributed by atoms with Gasteiger partial charge in [0.05, 0.1) is 5.54 Å². The van der Waals surface area contributed by atoms with E-state index in [1.165, 1.54) is 0 Å². The quantitative estimate of drug-likeness (QED) is 0.718. The van der Waals surface area contributed by atoms with Gasteiger partial charge < -0.3 is 15.7 Å². The van der Waals surface area contributed by atoms with Crippen molar-refractivity contribution < 1.29 is 9.90 Å². The predicted octanol–water partition coefficient (Wildman–Crippen LogP) is 1.55. The van der Waals surface area contributed by atoms with E-state index in [2.05, 4.69) is 10.6 Å². The number of hydrogen-bond donors (Lipinski definition) is 3. The lowest BCUT2D eigenvalue weighted by Crippen LogP contribution is -2.49. The number of amides is 1. The number of rotatable bonds is 6. The Balaban J connectivity index is 2.64. The molecule has 18 heavy (non-hydrogen) atoms. The molecule has 3 N–H and O–H groups in total. The molecule has 0 atom stereocenters. The van der Waals surface area contributed by atoms with Crippen LogP contribution in [0.3, 0.4) is 0 Å². The van der Waals surface area contributed by atoms with E-state index in [1.54, 1.807) is 0 Å². The Morgan fingerprint density at radius 1 is 1.28 bits per heavy atom. The smallest absolute Gasteiger partial charge is 0.244 e. The van der Waals surface area contributed by atoms with Crippen LogP contribution in [0.1, 0.15) is 26.3 Å². The van der Waals surface area contributed by atoms with Crippen LogP contribution < -0.4 is 10.6 Å². The van der Waals surface area contributed by atoms with Crippen molar-refractivity contribution in [3.63, 3.8) is 0 Å². The highest BCUT2D eigenvalue weighted by Crippen LogP contribution is 2.12. The van der Waals surface area contributed by atoms with E-state index in [4.69, 9.17) is 5.11 Å². The van der Waals surface area contributed by atoms with Gasteiger partial charge in [0.15, 0.2) is 0 Å². The van der Waals surface area contributed by atoms with Crippen LogP contribution in [0.4, 0.5) is 5.69 Å². The molecule has 1 aromatic carbocycles. The van der Waals surface area contributed by atoms with Crippen LogP contribution in [0.5, 0.6) is 0 Å². The highest BCUT2D eigenvalue weighted by molar-refractivity contribution is 5.97. The van der Waals surface area contributed by atoms with Crippen molar-refractivity contribution in [1.82, 2.24) is 5.32 Å². The number of aliphatic hydroxyl groups excluding tert-OH is 1. The Morgan fingerprint density at radius 2 is 1.89 bits per heavy atom. The number of benzene rings is 1. The molecule has 4 heteroatoms. The Bertz CT molecular complexity index is 385. The molecular weight excluding hydrogens is 228 g/mol. The molecule has 0 heterocycles. The fourth-order valence-electron chi connectivity index (χ4n) is 1.69. The Kier molecular flexibility index (Phi) is 5.31. The zero-order chi connectivity index (χ0) is 13.6. The molecule has 0 unspecified atom stereocenters. The molecule has 0 fully saturated rings. The highest BCUT2D eigenvalue weighted by Gasteiger charge is 2.25. The summed E-state index contributed by atoms with van der Waals surface area (Å²) in [6.45, 7) is 6.56. The number of likely N-dealkylation sites (N-methyl/N-ethyl adjacent to an activating group) is 1. The van der Waals surface area contributed by atoms with E-state index in [0.717, 1.165) is 17.8 Å². The first-order chi connectivity index (χ1) is 8.49. The molecule has 1 aromatic rings. The van der Waals surface area contributed by atoms with Gasteiger partial charge in [0.25, 0.3) is 0 Å². The molecule has 0 aliphatic rings. The molecule has 0 saturated heterocycles. The predicted molar refractivity (Wildman–Crippen MR) is 73.6 cm³/mol. The summed E-state index contributed by atoms with van der Waals surface area (Å²) in [5.41, 5.74) is 1.24. The molecule has 0 spiro atoms. The Morgan fingerprint density at radius 3 is 2.39 bits per heavy atom. The average Bonchev–Trinajstić information content (AvgIpc) is 2.32. The first-order valence-electron chi connectivity index (χ1n) is 6.26. The van der Waals surface area contributed by atoms with Crippen LogP contribution in [0.2, 0.25) is 0 Å². The summed E-state index contributed by atoms with van der Waals surface area (Å²) in [4.78, 5) is 12.0. The summed E-state index contributed by atoms with van der Waals surface area (Å²) in [5, 5.41) is 14.8. The van der Waals surface area contributed by atoms with Gasteiger partial charge in [-0.2, -0.15) is 0 Å². The minimum Gasteiger partial charge on any atom is -0.396 e. The van der Waals surface area contributed by atoms with Gasteiger partial charge in [-0.25, -0.2) is 0 Å². The van der Waals surface area contributed by atoms with E-state index < -0.39 is 5.54 Å². The first-order valence-corrected chi connectivity index (χ1v) is 6.26. The number of hydrogen-bond acceptors (Lipinski definition) is 3. The number of carbonyl (C=O) groups is 1. The molecule has 4 nitrogen and oxygen atoms in total. The van der Waals surface area contributed by atoms with Crippen LogP contribution in [0, 0.1) is 0 Å². The summed E-state index contributed by atoms with van der Waals surface area (Å²) >= 11 is 0. The number of carbonyl (C=O) groups excluding carboxylic acids is 1. The topological polar surface area (TPSA) is 61.4 Å². The van der Waals surface area contributed by atoms with Crippen molar-refractivity contribution in [2.45, 2.75) is 32.7 Å². The van der Waals surface area contributed by atoms with Crippen LogP contribution in [-0.2, 0) is 11.2 Å². The highest BCUT2D eigenvalue weighted by atomic mass is 16.2. The Labute approximate surface area is 108 Å². The van der Waals surface area contributed by atoms with Crippen molar-refractivity contribution in [3.8, 4) is 0 Å². The number of nitrogens with one attached hydrogen (secondary N) is 2. The maximum absolute atomic E-state index is 12.0. The summed E-state index contributed by atoms with van der Waals surface area (Å²) in [7, 11) is 0. The van der Waals surface area contributed by atoms with E-state index in [1.807, 2.05) is 45.0 Å². The van der Waals surface area contributed by atoms with Gasteiger partial charge in [0, 0.05) is 12.3 Å². The lowest BCUT2D eigenvalue weighted by Gasteiger charge is -2.24. The molecule has 0 saturated carbocycles. The SMILES string of the molecule is CCNC(C)(C)C(=O)Nc1ccc(CCO)cc1. The standard InChI is InChI=1S/C14H22N2O2/c1-4-15-14(2,3)13(18)16-12-7-5-11(6-8-12)9-10-17/h5-8,15,17H,4,9-10H2,1-3H3,(H,16,18). The van der Waals surface area contributed by atoms with Crippen molar-refractivity contribution >= 4 is 11.6 Å². The number of aliphatic hydroxyl groups is 1. The normalized spacial score (nSPS) is 11.3. The van der Waals surface area contributed by atoms with Gasteiger partial charge in [0.1, 0.15) is 0 Å². The molecule has 0 radical (unpaired) electrons. The molecule has 0 aromatic heterocycles. The van der Waals surface area contributed by atoms with Gasteiger partial charge in [-0.3, -0.25) is 4.79 Å². The molecule has 0 aliphatic heterocycles. The van der Waals surface area contributed by atoms with Crippen LogP contribution in [-0.4, -0.2) is 29.7 Å². The lowest BCUT2D eigenvalue weighted by molar-refractivity contribution is -0.121. The molecule has 1 amide bonds. The molecule has 1 rings (SSSR count). The average molecular weight is 250 g/mol. The van der Waals surface area contributed by atoms with Crippen molar-refractivity contribution in [1.29, 1.82) is 0 Å². The van der Waals surface area contributed by atoms with Gasteiger partial charge in [-0.05, 0) is 44.5 Å². The maximum atomic E-state index is 12.0. The number of anilines is 1. The first kappa shape index (κ1) is 14.7. The maximum Gasteiger partial charge on any atom is 0.244 e. The lowest BCUT2D eigenvalue weighted by atomic mass is 10.0. The monoisotopic (exact) mass is 250 g/mol. The molecule has 100 valence electrons. The van der Waals surface area contributed by atoms with Gasteiger partial charge in [0.2, 0.25) is 5.91 Å². The zero-order valence-electron chi connectivity index (χ0n) is 11.3. The molecular formula is C14H22N2O2.